The van der Waals surface area contributed by atoms with Crippen LogP contribution in [0.15, 0.2) is 30.3 Å². The van der Waals surface area contributed by atoms with E-state index >= 15 is 0 Å². The first kappa shape index (κ1) is 19.9. The second-order valence-electron chi connectivity index (χ2n) is 7.28. The lowest BCUT2D eigenvalue weighted by Gasteiger charge is -2.08. The van der Waals surface area contributed by atoms with Gasteiger partial charge in [0.2, 0.25) is 11.7 Å². The topological polar surface area (TPSA) is 77.4 Å². The molecule has 1 amide bonds. The predicted molar refractivity (Wildman–Crippen MR) is 107 cm³/mol. The van der Waals surface area contributed by atoms with E-state index in [4.69, 9.17) is 4.74 Å². The van der Waals surface area contributed by atoms with Crippen molar-refractivity contribution < 1.29 is 19.1 Å². The number of hydrogen-bond acceptors (Lipinski definition) is 4. The van der Waals surface area contributed by atoms with E-state index in [1.165, 1.54) is 0 Å². The van der Waals surface area contributed by atoms with Gasteiger partial charge in [-0.3, -0.25) is 9.59 Å². The smallest absolute Gasteiger partial charge is 0.338 e. The molecular formula is C22H26N2O4. The van der Waals surface area contributed by atoms with Crippen molar-refractivity contribution in [2.75, 3.05) is 11.9 Å². The normalized spacial score (nSPS) is 13.2. The van der Waals surface area contributed by atoms with Gasteiger partial charge in [-0.1, -0.05) is 6.92 Å². The maximum Gasteiger partial charge on any atom is 0.338 e. The average molecular weight is 382 g/mol. The Labute approximate surface area is 164 Å². The largest absolute Gasteiger partial charge is 0.454 e. The molecule has 1 aromatic carbocycles. The van der Waals surface area contributed by atoms with E-state index < -0.39 is 5.97 Å². The van der Waals surface area contributed by atoms with E-state index in [-0.39, 0.29) is 24.2 Å². The summed E-state index contributed by atoms with van der Waals surface area (Å²) in [6, 6.07) is 8.34. The van der Waals surface area contributed by atoms with Gasteiger partial charge in [0, 0.05) is 35.1 Å². The van der Waals surface area contributed by atoms with E-state index in [0.717, 1.165) is 37.2 Å². The molecule has 1 heterocycles. The monoisotopic (exact) mass is 382 g/mol. The zero-order chi connectivity index (χ0) is 20.3. The fraction of sp³-hybridized carbons (Fsp3) is 0.409. The van der Waals surface area contributed by atoms with Crippen molar-refractivity contribution in [2.24, 2.45) is 5.92 Å². The summed E-state index contributed by atoms with van der Waals surface area (Å²) in [6.07, 6.45) is 2.85. The molecule has 0 radical (unpaired) electrons. The molecule has 1 saturated carbocycles. The molecule has 1 aromatic heterocycles. The van der Waals surface area contributed by atoms with Gasteiger partial charge in [-0.15, -0.1) is 0 Å². The number of ketones is 1. The fourth-order valence-corrected chi connectivity index (χ4v) is 3.22. The lowest BCUT2D eigenvalue weighted by molar-refractivity contribution is -0.117. The average Bonchev–Trinajstić information content (AvgIpc) is 3.49. The number of carbonyl (C=O) groups is 3. The van der Waals surface area contributed by atoms with E-state index in [1.807, 2.05) is 19.9 Å². The number of esters is 1. The Morgan fingerprint density at radius 3 is 2.43 bits per heavy atom. The van der Waals surface area contributed by atoms with Crippen molar-refractivity contribution in [3.8, 4) is 0 Å². The van der Waals surface area contributed by atoms with Crippen LogP contribution in [0.2, 0.25) is 0 Å². The molecular weight excluding hydrogens is 356 g/mol. The van der Waals surface area contributed by atoms with E-state index in [0.29, 0.717) is 16.8 Å². The zero-order valence-electron chi connectivity index (χ0n) is 16.6. The summed E-state index contributed by atoms with van der Waals surface area (Å²) in [4.78, 5) is 36.5. The third-order valence-electron chi connectivity index (χ3n) is 4.99. The number of benzene rings is 1. The Kier molecular flexibility index (Phi) is 5.97. The fourth-order valence-electron chi connectivity index (χ4n) is 3.22. The summed E-state index contributed by atoms with van der Waals surface area (Å²) in [7, 11) is 0. The highest BCUT2D eigenvalue weighted by Gasteiger charge is 2.29. The number of aryl methyl sites for hydroxylation is 1. The molecule has 0 atom stereocenters. The van der Waals surface area contributed by atoms with Crippen LogP contribution < -0.4 is 5.32 Å². The molecule has 1 N–H and O–H groups in total. The summed E-state index contributed by atoms with van der Waals surface area (Å²) in [5.74, 6) is -0.635. The van der Waals surface area contributed by atoms with Crippen LogP contribution in [0, 0.1) is 19.8 Å². The first-order chi connectivity index (χ1) is 13.4. The first-order valence-electron chi connectivity index (χ1n) is 9.68. The lowest BCUT2D eigenvalue weighted by atomic mass is 10.1. The number of hydrogen-bond donors (Lipinski definition) is 1. The van der Waals surface area contributed by atoms with Gasteiger partial charge < -0.3 is 14.6 Å². The summed E-state index contributed by atoms with van der Waals surface area (Å²) in [5.41, 5.74) is 3.51. The molecule has 2 aromatic rings. The van der Waals surface area contributed by atoms with Gasteiger partial charge in [-0.2, -0.15) is 0 Å². The van der Waals surface area contributed by atoms with Crippen LogP contribution in [0.1, 0.15) is 58.3 Å². The van der Waals surface area contributed by atoms with Crippen molar-refractivity contribution in [3.63, 3.8) is 0 Å². The quantitative estimate of drug-likeness (QED) is 0.555. The molecule has 1 fully saturated rings. The number of rotatable bonds is 8. The Bertz CT molecular complexity index is 892. The number of nitrogens with zero attached hydrogens (tertiary/aromatic N) is 1. The highest BCUT2D eigenvalue weighted by atomic mass is 16.5. The minimum atomic E-state index is -0.559. The molecule has 6 heteroatoms. The molecule has 0 aliphatic heterocycles. The molecule has 1 aliphatic carbocycles. The maximum atomic E-state index is 12.5. The summed E-state index contributed by atoms with van der Waals surface area (Å²) >= 11 is 0. The summed E-state index contributed by atoms with van der Waals surface area (Å²) in [6.45, 7) is 6.52. The molecule has 28 heavy (non-hydrogen) atoms. The molecule has 0 spiro atoms. The molecule has 0 unspecified atom stereocenters. The van der Waals surface area contributed by atoms with Crippen LogP contribution in [-0.2, 0) is 16.1 Å². The van der Waals surface area contributed by atoms with E-state index in [1.54, 1.807) is 24.3 Å². The number of Topliss-reactive ketones (excluding diaryl/α,β-unsaturated/α-hetero) is 1. The standard InChI is InChI=1S/C22H26N2O4/c1-4-11-24-14(2)12-19(15(24)3)20(25)13-28-22(27)17-7-9-18(10-8-17)23-21(26)16-5-6-16/h7-10,12,16H,4-6,11,13H2,1-3H3,(H,23,26). The van der Waals surface area contributed by atoms with Gasteiger partial charge in [0.1, 0.15) is 0 Å². The highest BCUT2D eigenvalue weighted by molar-refractivity contribution is 6.00. The van der Waals surface area contributed by atoms with Crippen LogP contribution >= 0.6 is 0 Å². The van der Waals surface area contributed by atoms with E-state index in [2.05, 4.69) is 16.8 Å². The van der Waals surface area contributed by atoms with E-state index in [9.17, 15) is 14.4 Å². The zero-order valence-corrected chi connectivity index (χ0v) is 16.6. The second-order valence-corrected chi connectivity index (χ2v) is 7.28. The first-order valence-corrected chi connectivity index (χ1v) is 9.68. The minimum Gasteiger partial charge on any atom is -0.454 e. The van der Waals surface area contributed by atoms with Gasteiger partial charge in [0.15, 0.2) is 6.61 Å². The second kappa shape index (κ2) is 8.42. The number of aromatic nitrogens is 1. The number of amides is 1. The summed E-state index contributed by atoms with van der Waals surface area (Å²) in [5, 5.41) is 2.82. The van der Waals surface area contributed by atoms with Gasteiger partial charge in [-0.25, -0.2) is 4.79 Å². The predicted octanol–water partition coefficient (Wildman–Crippen LogP) is 3.90. The Balaban J connectivity index is 1.57. The third kappa shape index (κ3) is 4.50. The Hall–Kier alpha value is -2.89. The minimum absolute atomic E-state index is 0.0154. The number of carbonyl (C=O) groups excluding carboxylic acids is 3. The number of anilines is 1. The Morgan fingerprint density at radius 2 is 1.82 bits per heavy atom. The Morgan fingerprint density at radius 1 is 1.14 bits per heavy atom. The molecule has 6 nitrogen and oxygen atoms in total. The molecule has 1 aliphatic rings. The van der Waals surface area contributed by atoms with Crippen LogP contribution in [0.4, 0.5) is 5.69 Å². The molecule has 0 saturated heterocycles. The van der Waals surface area contributed by atoms with Crippen LogP contribution in [-0.4, -0.2) is 28.8 Å². The third-order valence-corrected chi connectivity index (χ3v) is 4.99. The summed E-state index contributed by atoms with van der Waals surface area (Å²) < 4.78 is 7.29. The molecule has 3 rings (SSSR count). The van der Waals surface area contributed by atoms with Gasteiger partial charge in [0.25, 0.3) is 0 Å². The van der Waals surface area contributed by atoms with Crippen molar-refractivity contribution in [1.82, 2.24) is 4.57 Å². The van der Waals surface area contributed by atoms with Crippen molar-refractivity contribution in [1.29, 1.82) is 0 Å². The van der Waals surface area contributed by atoms with Gasteiger partial charge >= 0.3 is 5.97 Å². The SMILES string of the molecule is CCCn1c(C)cc(C(=O)COC(=O)c2ccc(NC(=O)C3CC3)cc2)c1C. The number of ether oxygens (including phenoxy) is 1. The van der Waals surface area contributed by atoms with Crippen LogP contribution in [0.25, 0.3) is 0 Å². The van der Waals surface area contributed by atoms with Crippen LogP contribution in [0.5, 0.6) is 0 Å². The number of nitrogens with one attached hydrogen (secondary N) is 1. The van der Waals surface area contributed by atoms with Gasteiger partial charge in [-0.05, 0) is 63.4 Å². The molecule has 0 bridgehead atoms. The maximum absolute atomic E-state index is 12.5. The lowest BCUT2D eigenvalue weighted by Crippen LogP contribution is -2.16. The van der Waals surface area contributed by atoms with Crippen molar-refractivity contribution >= 4 is 23.3 Å². The van der Waals surface area contributed by atoms with Crippen LogP contribution in [0.3, 0.4) is 0 Å². The van der Waals surface area contributed by atoms with Crippen molar-refractivity contribution in [3.05, 3.63) is 52.8 Å². The van der Waals surface area contributed by atoms with Crippen molar-refractivity contribution in [2.45, 2.75) is 46.6 Å². The highest BCUT2D eigenvalue weighted by Crippen LogP contribution is 2.30. The molecule has 148 valence electrons. The van der Waals surface area contributed by atoms with Gasteiger partial charge in [0.05, 0.1) is 5.56 Å².